The first-order valence-electron chi connectivity index (χ1n) is 8.74. The zero-order valence-electron chi connectivity index (χ0n) is 16.1. The summed E-state index contributed by atoms with van der Waals surface area (Å²) < 4.78 is 16.0. The number of benzene rings is 2. The van der Waals surface area contributed by atoms with E-state index in [1.165, 1.54) is 6.08 Å². The van der Waals surface area contributed by atoms with E-state index in [2.05, 4.69) is 10.3 Å². The van der Waals surface area contributed by atoms with Gasteiger partial charge in [-0.15, -0.1) is 0 Å². The predicted molar refractivity (Wildman–Crippen MR) is 109 cm³/mol. The monoisotopic (exact) mass is 378 g/mol. The zero-order chi connectivity index (χ0) is 19.9. The van der Waals surface area contributed by atoms with E-state index in [0.717, 1.165) is 22.0 Å². The number of methoxy groups -OCH3 is 3. The maximum absolute atomic E-state index is 12.3. The Kier molecular flexibility index (Phi) is 6.11. The lowest BCUT2D eigenvalue weighted by Gasteiger charge is -2.15. The van der Waals surface area contributed by atoms with Gasteiger partial charge in [0, 0.05) is 35.4 Å². The Hall–Kier alpha value is -3.54. The lowest BCUT2D eigenvalue weighted by atomic mass is 10.1. The van der Waals surface area contributed by atoms with Crippen LogP contribution in [0.25, 0.3) is 17.0 Å². The Balaban J connectivity index is 1.75. The predicted octanol–water partition coefficient (Wildman–Crippen LogP) is 3.59. The first kappa shape index (κ1) is 19.2. The number of pyridine rings is 1. The van der Waals surface area contributed by atoms with Crippen molar-refractivity contribution < 1.29 is 19.0 Å². The highest BCUT2D eigenvalue weighted by Gasteiger charge is 2.13. The fourth-order valence-electron chi connectivity index (χ4n) is 2.91. The van der Waals surface area contributed by atoms with E-state index in [1.54, 1.807) is 45.7 Å². The molecule has 3 aromatic rings. The lowest BCUT2D eigenvalue weighted by Crippen LogP contribution is -2.21. The molecule has 0 unspecified atom stereocenters. The maximum atomic E-state index is 12.3. The second kappa shape index (κ2) is 8.90. The molecule has 0 atom stereocenters. The average molecular weight is 378 g/mol. The van der Waals surface area contributed by atoms with Gasteiger partial charge >= 0.3 is 0 Å². The molecule has 0 fully saturated rings. The van der Waals surface area contributed by atoms with Crippen molar-refractivity contribution in [1.82, 2.24) is 10.3 Å². The first-order valence-corrected chi connectivity index (χ1v) is 8.74. The summed E-state index contributed by atoms with van der Waals surface area (Å²) >= 11 is 0. The van der Waals surface area contributed by atoms with Crippen molar-refractivity contribution in [2.45, 2.75) is 6.54 Å². The van der Waals surface area contributed by atoms with Gasteiger partial charge in [-0.05, 0) is 12.1 Å². The number of fused-ring (bicyclic) bond motifs is 1. The van der Waals surface area contributed by atoms with Crippen molar-refractivity contribution in [1.29, 1.82) is 0 Å². The summed E-state index contributed by atoms with van der Waals surface area (Å²) in [6, 6.07) is 13.2. The van der Waals surface area contributed by atoms with Gasteiger partial charge in [0.05, 0.1) is 39.0 Å². The molecule has 1 heterocycles. The van der Waals surface area contributed by atoms with Crippen LogP contribution in [0.2, 0.25) is 0 Å². The van der Waals surface area contributed by atoms with E-state index >= 15 is 0 Å². The SMILES string of the molecule is COc1cc(OC)c(CNC(=O)C=Cc2cccc3cccnc23)c(OC)c1. The van der Waals surface area contributed by atoms with Crippen LogP contribution in [0, 0.1) is 0 Å². The minimum atomic E-state index is -0.229. The van der Waals surface area contributed by atoms with Gasteiger partial charge in [0.2, 0.25) is 5.91 Å². The van der Waals surface area contributed by atoms with Gasteiger partial charge in [0.25, 0.3) is 0 Å². The highest BCUT2D eigenvalue weighted by Crippen LogP contribution is 2.33. The van der Waals surface area contributed by atoms with Crippen molar-refractivity contribution in [2.75, 3.05) is 21.3 Å². The van der Waals surface area contributed by atoms with Gasteiger partial charge in [-0.2, -0.15) is 0 Å². The molecule has 2 aromatic carbocycles. The Labute approximate surface area is 163 Å². The summed E-state index contributed by atoms with van der Waals surface area (Å²) in [6.07, 6.45) is 4.99. The average Bonchev–Trinajstić information content (AvgIpc) is 2.75. The Morgan fingerprint density at radius 2 is 1.75 bits per heavy atom. The summed E-state index contributed by atoms with van der Waals surface area (Å²) in [7, 11) is 4.70. The maximum Gasteiger partial charge on any atom is 0.244 e. The molecule has 0 aliphatic rings. The van der Waals surface area contributed by atoms with E-state index in [9.17, 15) is 4.79 Å². The molecule has 28 heavy (non-hydrogen) atoms. The molecule has 0 spiro atoms. The third-order valence-corrected chi connectivity index (χ3v) is 4.33. The number of rotatable bonds is 7. The molecule has 6 heteroatoms. The van der Waals surface area contributed by atoms with E-state index in [0.29, 0.717) is 17.2 Å². The Morgan fingerprint density at radius 3 is 2.43 bits per heavy atom. The second-order valence-corrected chi connectivity index (χ2v) is 5.98. The highest BCUT2D eigenvalue weighted by molar-refractivity contribution is 5.95. The Morgan fingerprint density at radius 1 is 1.04 bits per heavy atom. The molecule has 0 aliphatic carbocycles. The molecule has 0 saturated carbocycles. The summed E-state index contributed by atoms with van der Waals surface area (Å²) in [6.45, 7) is 0.257. The van der Waals surface area contributed by atoms with Gasteiger partial charge in [-0.3, -0.25) is 9.78 Å². The molecule has 0 aliphatic heterocycles. The summed E-state index contributed by atoms with van der Waals surface area (Å²) in [5.74, 6) is 1.55. The number of hydrogen-bond donors (Lipinski definition) is 1. The molecule has 3 rings (SSSR count). The number of amides is 1. The van der Waals surface area contributed by atoms with Gasteiger partial charge < -0.3 is 19.5 Å². The number of hydrogen-bond acceptors (Lipinski definition) is 5. The molecule has 1 aromatic heterocycles. The largest absolute Gasteiger partial charge is 0.496 e. The highest BCUT2D eigenvalue weighted by atomic mass is 16.5. The van der Waals surface area contributed by atoms with E-state index < -0.39 is 0 Å². The van der Waals surface area contributed by atoms with Crippen LogP contribution in [0.15, 0.2) is 54.7 Å². The van der Waals surface area contributed by atoms with Crippen molar-refractivity contribution in [3.05, 3.63) is 65.9 Å². The second-order valence-electron chi connectivity index (χ2n) is 5.98. The van der Waals surface area contributed by atoms with E-state index in [-0.39, 0.29) is 12.5 Å². The smallest absolute Gasteiger partial charge is 0.244 e. The van der Waals surface area contributed by atoms with E-state index in [4.69, 9.17) is 14.2 Å². The molecular formula is C22H22N2O4. The fourth-order valence-corrected chi connectivity index (χ4v) is 2.91. The van der Waals surface area contributed by atoms with Crippen LogP contribution in [-0.2, 0) is 11.3 Å². The normalized spacial score (nSPS) is 10.8. The van der Waals surface area contributed by atoms with Crippen molar-refractivity contribution in [2.24, 2.45) is 0 Å². The minimum absolute atomic E-state index is 0.229. The summed E-state index contributed by atoms with van der Waals surface area (Å²) in [5.41, 5.74) is 2.47. The first-order chi connectivity index (χ1) is 13.7. The standard InChI is InChI=1S/C22H22N2O4/c1-26-17-12-19(27-2)18(20(13-17)28-3)14-24-21(25)10-9-16-7-4-6-15-8-5-11-23-22(15)16/h4-13H,14H2,1-3H3,(H,24,25). The molecule has 6 nitrogen and oxygen atoms in total. The van der Waals surface area contributed by atoms with Crippen LogP contribution in [0.4, 0.5) is 0 Å². The van der Waals surface area contributed by atoms with Crippen LogP contribution in [-0.4, -0.2) is 32.2 Å². The van der Waals surface area contributed by atoms with Gasteiger partial charge in [-0.25, -0.2) is 0 Å². The number of nitrogens with one attached hydrogen (secondary N) is 1. The quantitative estimate of drug-likeness (QED) is 0.636. The van der Waals surface area contributed by atoms with E-state index in [1.807, 2.05) is 30.3 Å². The van der Waals surface area contributed by atoms with Crippen molar-refractivity contribution in [3.8, 4) is 17.2 Å². The lowest BCUT2D eigenvalue weighted by molar-refractivity contribution is -0.116. The number of aromatic nitrogens is 1. The van der Waals surface area contributed by atoms with Crippen molar-refractivity contribution in [3.63, 3.8) is 0 Å². The van der Waals surface area contributed by atoms with Gasteiger partial charge in [0.15, 0.2) is 0 Å². The third kappa shape index (κ3) is 4.23. The van der Waals surface area contributed by atoms with Crippen LogP contribution in [0.5, 0.6) is 17.2 Å². The van der Waals surface area contributed by atoms with Gasteiger partial charge in [0.1, 0.15) is 17.2 Å². The Bertz CT molecular complexity index is 984. The number of carbonyl (C=O) groups excluding carboxylic acids is 1. The van der Waals surface area contributed by atoms with Gasteiger partial charge in [-0.1, -0.05) is 24.3 Å². The zero-order valence-corrected chi connectivity index (χ0v) is 16.1. The molecular weight excluding hydrogens is 356 g/mol. The molecule has 0 radical (unpaired) electrons. The van der Waals surface area contributed by atoms with Crippen LogP contribution in [0.3, 0.4) is 0 Å². The van der Waals surface area contributed by atoms with Crippen LogP contribution >= 0.6 is 0 Å². The number of carbonyl (C=O) groups is 1. The summed E-state index contributed by atoms with van der Waals surface area (Å²) in [5, 5.41) is 3.88. The molecule has 0 saturated heterocycles. The molecule has 0 bridgehead atoms. The molecule has 144 valence electrons. The minimum Gasteiger partial charge on any atom is -0.496 e. The van der Waals surface area contributed by atoms with Crippen molar-refractivity contribution >= 4 is 22.9 Å². The summed E-state index contributed by atoms with van der Waals surface area (Å²) in [4.78, 5) is 16.7. The molecule has 1 amide bonds. The number of para-hydroxylation sites is 1. The fraction of sp³-hybridized carbons (Fsp3) is 0.182. The third-order valence-electron chi connectivity index (χ3n) is 4.33. The van der Waals surface area contributed by atoms with Crippen LogP contribution < -0.4 is 19.5 Å². The molecule has 1 N–H and O–H groups in total. The topological polar surface area (TPSA) is 69.7 Å². The number of nitrogens with zero attached hydrogens (tertiary/aromatic N) is 1. The number of ether oxygens (including phenoxy) is 3. The van der Waals surface area contributed by atoms with Crippen LogP contribution in [0.1, 0.15) is 11.1 Å².